The normalized spacial score (nSPS) is 39.7. The summed E-state index contributed by atoms with van der Waals surface area (Å²) in [6.45, 7) is 4.57. The summed E-state index contributed by atoms with van der Waals surface area (Å²) in [5.41, 5.74) is 0. The fourth-order valence-electron chi connectivity index (χ4n) is 3.04. The van der Waals surface area contributed by atoms with E-state index >= 15 is 0 Å². The summed E-state index contributed by atoms with van der Waals surface area (Å²) in [6, 6.07) is 1.81. The first-order chi connectivity index (χ1) is 6.31. The lowest BCUT2D eigenvalue weighted by molar-refractivity contribution is 0.133. The van der Waals surface area contributed by atoms with E-state index in [1.807, 2.05) is 0 Å². The van der Waals surface area contributed by atoms with Crippen molar-refractivity contribution < 1.29 is 0 Å². The molecule has 0 aromatic heterocycles. The molecule has 2 saturated heterocycles. The second-order valence-corrected chi connectivity index (χ2v) is 4.70. The van der Waals surface area contributed by atoms with Crippen molar-refractivity contribution in [3.8, 4) is 0 Å². The molecule has 0 amide bonds. The van der Waals surface area contributed by atoms with E-state index < -0.39 is 0 Å². The monoisotopic (exact) mass is 182 g/mol. The van der Waals surface area contributed by atoms with Gasteiger partial charge in [-0.15, -0.1) is 0 Å². The molecular weight excluding hydrogens is 160 g/mol. The zero-order chi connectivity index (χ0) is 9.26. The van der Waals surface area contributed by atoms with Crippen LogP contribution in [0.5, 0.6) is 0 Å². The molecule has 2 atom stereocenters. The predicted molar refractivity (Wildman–Crippen MR) is 55.8 cm³/mol. The molecule has 2 rings (SSSR count). The second kappa shape index (κ2) is 3.97. The Balaban J connectivity index is 1.84. The first kappa shape index (κ1) is 9.47. The van der Waals surface area contributed by atoms with E-state index in [4.69, 9.17) is 0 Å². The van der Waals surface area contributed by atoms with Crippen molar-refractivity contribution in [3.63, 3.8) is 0 Å². The largest absolute Gasteiger partial charge is 0.317 e. The fourth-order valence-corrected chi connectivity index (χ4v) is 3.04. The van der Waals surface area contributed by atoms with Crippen LogP contribution in [0.15, 0.2) is 0 Å². The Kier molecular flexibility index (Phi) is 2.89. The van der Waals surface area contributed by atoms with E-state index in [0.29, 0.717) is 0 Å². The number of nitrogens with one attached hydrogen (secondary N) is 1. The summed E-state index contributed by atoms with van der Waals surface area (Å²) in [5, 5.41) is 3.48. The average Bonchev–Trinajstić information content (AvgIpc) is 2.41. The third-order valence-corrected chi connectivity index (χ3v) is 3.88. The van der Waals surface area contributed by atoms with Crippen molar-refractivity contribution in [2.45, 2.75) is 44.7 Å². The average molecular weight is 182 g/mol. The van der Waals surface area contributed by atoms with Gasteiger partial charge < -0.3 is 10.2 Å². The molecule has 0 aromatic rings. The lowest BCUT2D eigenvalue weighted by Crippen LogP contribution is -2.42. The predicted octanol–water partition coefficient (Wildman–Crippen LogP) is 1.47. The number of piperidine rings is 1. The molecule has 0 aromatic carbocycles. The van der Waals surface area contributed by atoms with Crippen LogP contribution in [0.2, 0.25) is 0 Å². The van der Waals surface area contributed by atoms with Crippen LogP contribution in [0.4, 0.5) is 0 Å². The summed E-state index contributed by atoms with van der Waals surface area (Å²) in [4.78, 5) is 2.61. The zero-order valence-electron chi connectivity index (χ0n) is 8.92. The van der Waals surface area contributed by atoms with Gasteiger partial charge in [-0.3, -0.25) is 0 Å². The van der Waals surface area contributed by atoms with Gasteiger partial charge >= 0.3 is 0 Å². The van der Waals surface area contributed by atoms with Crippen molar-refractivity contribution in [3.05, 3.63) is 0 Å². The Hall–Kier alpha value is -0.0800. The van der Waals surface area contributed by atoms with Crippen LogP contribution in [0, 0.1) is 5.92 Å². The maximum absolute atomic E-state index is 3.48. The highest BCUT2D eigenvalue weighted by Crippen LogP contribution is 2.36. The van der Waals surface area contributed by atoms with Crippen LogP contribution in [-0.4, -0.2) is 37.1 Å². The van der Waals surface area contributed by atoms with Crippen molar-refractivity contribution >= 4 is 0 Å². The lowest BCUT2D eigenvalue weighted by Gasteiger charge is -2.36. The van der Waals surface area contributed by atoms with Gasteiger partial charge in [0.15, 0.2) is 0 Å². The van der Waals surface area contributed by atoms with Gasteiger partial charge in [-0.2, -0.15) is 0 Å². The van der Waals surface area contributed by atoms with Crippen LogP contribution in [0.25, 0.3) is 0 Å². The van der Waals surface area contributed by atoms with Gasteiger partial charge in [-0.05, 0) is 51.7 Å². The molecule has 2 aliphatic heterocycles. The Morgan fingerprint density at radius 1 is 1.23 bits per heavy atom. The van der Waals surface area contributed by atoms with E-state index in [1.54, 1.807) is 0 Å². The van der Waals surface area contributed by atoms with Crippen LogP contribution < -0.4 is 5.32 Å². The molecule has 1 N–H and O–H groups in total. The fraction of sp³-hybridized carbons (Fsp3) is 1.00. The first-order valence-corrected chi connectivity index (χ1v) is 5.74. The number of rotatable bonds is 3. The Morgan fingerprint density at radius 2 is 1.85 bits per heavy atom. The van der Waals surface area contributed by atoms with Gasteiger partial charge in [0.05, 0.1) is 0 Å². The van der Waals surface area contributed by atoms with Crippen LogP contribution in [0.1, 0.15) is 32.6 Å². The van der Waals surface area contributed by atoms with Crippen molar-refractivity contribution in [1.29, 1.82) is 0 Å². The standard InChI is InChI=1S/C11H22N2/c1-3-12-8-9-6-10-4-5-11(7-9)13(10)2/h9-12H,3-8H2,1-2H3. The Bertz CT molecular complexity index is 155. The second-order valence-electron chi connectivity index (χ2n) is 4.70. The summed E-state index contributed by atoms with van der Waals surface area (Å²) >= 11 is 0. The molecule has 2 fully saturated rings. The molecule has 13 heavy (non-hydrogen) atoms. The van der Waals surface area contributed by atoms with Gasteiger partial charge in [0.25, 0.3) is 0 Å². The number of fused-ring (bicyclic) bond motifs is 2. The highest BCUT2D eigenvalue weighted by Gasteiger charge is 2.37. The minimum atomic E-state index is 0.905. The van der Waals surface area contributed by atoms with E-state index in [1.165, 1.54) is 32.2 Å². The van der Waals surface area contributed by atoms with Gasteiger partial charge in [-0.25, -0.2) is 0 Å². The first-order valence-electron chi connectivity index (χ1n) is 5.74. The maximum atomic E-state index is 3.48. The summed E-state index contributed by atoms with van der Waals surface area (Å²) in [7, 11) is 2.31. The highest BCUT2D eigenvalue weighted by molar-refractivity contribution is 4.93. The molecule has 2 bridgehead atoms. The summed E-state index contributed by atoms with van der Waals surface area (Å²) < 4.78 is 0. The molecule has 0 saturated carbocycles. The topological polar surface area (TPSA) is 15.3 Å². The van der Waals surface area contributed by atoms with Gasteiger partial charge in [-0.1, -0.05) is 6.92 Å². The van der Waals surface area contributed by atoms with Gasteiger partial charge in [0.2, 0.25) is 0 Å². The van der Waals surface area contributed by atoms with Crippen molar-refractivity contribution in [2.75, 3.05) is 20.1 Å². The Morgan fingerprint density at radius 3 is 2.38 bits per heavy atom. The van der Waals surface area contributed by atoms with E-state index in [9.17, 15) is 0 Å². The van der Waals surface area contributed by atoms with Crippen LogP contribution in [-0.2, 0) is 0 Å². The highest BCUT2D eigenvalue weighted by atomic mass is 15.2. The smallest absolute Gasteiger partial charge is 0.00988 e. The zero-order valence-corrected chi connectivity index (χ0v) is 8.92. The number of hydrogen-bond donors (Lipinski definition) is 1. The third-order valence-electron chi connectivity index (χ3n) is 3.88. The molecule has 2 aliphatic rings. The molecule has 0 spiro atoms. The minimum Gasteiger partial charge on any atom is -0.317 e. The Labute approximate surface area is 81.7 Å². The van der Waals surface area contributed by atoms with Gasteiger partial charge in [0, 0.05) is 12.1 Å². The molecular formula is C11H22N2. The molecule has 76 valence electrons. The third kappa shape index (κ3) is 1.89. The van der Waals surface area contributed by atoms with Gasteiger partial charge in [0.1, 0.15) is 0 Å². The van der Waals surface area contributed by atoms with Crippen molar-refractivity contribution in [1.82, 2.24) is 10.2 Å². The van der Waals surface area contributed by atoms with Crippen LogP contribution >= 0.6 is 0 Å². The SMILES string of the molecule is CCNCC1CC2CCC(C1)N2C. The van der Waals surface area contributed by atoms with E-state index in [-0.39, 0.29) is 0 Å². The minimum absolute atomic E-state index is 0.905. The number of hydrogen-bond acceptors (Lipinski definition) is 2. The summed E-state index contributed by atoms with van der Waals surface area (Å²) in [5.74, 6) is 0.952. The maximum Gasteiger partial charge on any atom is 0.00988 e. The number of nitrogens with zero attached hydrogens (tertiary/aromatic N) is 1. The van der Waals surface area contributed by atoms with E-state index in [2.05, 4.69) is 24.2 Å². The quantitative estimate of drug-likeness (QED) is 0.711. The molecule has 2 heteroatoms. The van der Waals surface area contributed by atoms with E-state index in [0.717, 1.165) is 24.5 Å². The molecule has 0 aliphatic carbocycles. The lowest BCUT2D eigenvalue weighted by atomic mass is 9.91. The molecule has 2 heterocycles. The molecule has 2 nitrogen and oxygen atoms in total. The van der Waals surface area contributed by atoms with Crippen LogP contribution in [0.3, 0.4) is 0 Å². The summed E-state index contributed by atoms with van der Waals surface area (Å²) in [6.07, 6.45) is 5.76. The molecule has 2 unspecified atom stereocenters. The molecule has 0 radical (unpaired) electrons. The van der Waals surface area contributed by atoms with Crippen molar-refractivity contribution in [2.24, 2.45) is 5.92 Å².